The van der Waals surface area contributed by atoms with E-state index in [2.05, 4.69) is 27.6 Å². The molecule has 4 heteroatoms. The predicted molar refractivity (Wildman–Crippen MR) is 30.1 cm³/mol. The summed E-state index contributed by atoms with van der Waals surface area (Å²) in [6.07, 6.45) is -0.167. The topological polar surface area (TPSA) is 29.5 Å². The van der Waals surface area contributed by atoms with Gasteiger partial charge in [0, 0.05) is 6.10 Å². The largest absolute Gasteiger partial charge is 0.394 e. The van der Waals surface area contributed by atoms with Gasteiger partial charge in [-0.2, -0.15) is 3.84 Å². The van der Waals surface area contributed by atoms with Gasteiger partial charge in [-0.25, -0.2) is 0 Å². The third kappa shape index (κ3) is 527. The molecule has 0 fully saturated rings. The first kappa shape index (κ1) is 10.5. The van der Waals surface area contributed by atoms with Crippen LogP contribution in [-0.2, 0) is 3.84 Å². The molecule has 7 heavy (non-hydrogen) atoms. The lowest BCUT2D eigenvalue weighted by atomic mass is 10.5. The summed E-state index contributed by atoms with van der Waals surface area (Å²) in [5.74, 6) is 0. The monoisotopic (exact) mass is 146 g/mol. The maximum Gasteiger partial charge on any atom is 0.0832 e. The van der Waals surface area contributed by atoms with Crippen molar-refractivity contribution in [3.8, 4) is 0 Å². The van der Waals surface area contributed by atoms with E-state index in [1.165, 1.54) is 0 Å². The van der Waals surface area contributed by atoms with Gasteiger partial charge in [-0.15, -0.1) is 0 Å². The average molecular weight is 147 g/mol. The minimum Gasteiger partial charge on any atom is -0.394 e. The van der Waals surface area contributed by atoms with E-state index in [1.54, 1.807) is 13.8 Å². The van der Waals surface area contributed by atoms with Crippen molar-refractivity contribution >= 4 is 23.7 Å². The van der Waals surface area contributed by atoms with Crippen LogP contribution in [0.2, 0.25) is 0 Å². The van der Waals surface area contributed by atoms with Crippen LogP contribution in [0.1, 0.15) is 13.8 Å². The first-order chi connectivity index (χ1) is 3.15. The van der Waals surface area contributed by atoms with E-state index in [0.717, 1.165) is 0 Å². The van der Waals surface area contributed by atoms with Crippen LogP contribution in [0.4, 0.5) is 0 Å². The standard InChI is InChI=1S/C3H8O.Cl2O/c1-3(2)4;1-3-2/h3-4H,1-2H3;. The molecule has 0 amide bonds. The molecular weight excluding hydrogens is 139 g/mol. The molecule has 0 aromatic carbocycles. The Kier molecular flexibility index (Phi) is 14.5. The minimum atomic E-state index is -0.167. The molecule has 0 aliphatic rings. The van der Waals surface area contributed by atoms with Crippen LogP contribution in [-0.4, -0.2) is 11.2 Å². The quantitative estimate of drug-likeness (QED) is 0.564. The maximum atomic E-state index is 8.06. The molecule has 0 aromatic rings. The Balaban J connectivity index is 0. The number of rotatable bonds is 0. The van der Waals surface area contributed by atoms with Crippen molar-refractivity contribution in [3.05, 3.63) is 0 Å². The number of hydrogen-bond acceptors (Lipinski definition) is 2. The zero-order valence-electron chi connectivity index (χ0n) is 4.19. The molecule has 0 saturated carbocycles. The Morgan fingerprint density at radius 2 is 1.43 bits per heavy atom. The highest BCUT2D eigenvalue weighted by Gasteiger charge is 1.69. The van der Waals surface area contributed by atoms with Crippen LogP contribution in [0.5, 0.6) is 0 Å². The fraction of sp³-hybridized carbons (Fsp3) is 1.00. The van der Waals surface area contributed by atoms with Gasteiger partial charge in [0.2, 0.25) is 0 Å². The highest BCUT2D eigenvalue weighted by molar-refractivity contribution is 6.24. The van der Waals surface area contributed by atoms with Gasteiger partial charge in [0.05, 0.1) is 23.7 Å². The van der Waals surface area contributed by atoms with Gasteiger partial charge in [-0.3, -0.25) is 0 Å². The van der Waals surface area contributed by atoms with Crippen LogP contribution < -0.4 is 0 Å². The van der Waals surface area contributed by atoms with Gasteiger partial charge in [-0.1, -0.05) is 0 Å². The summed E-state index contributed by atoms with van der Waals surface area (Å²) in [4.78, 5) is 0. The number of hydrogen-bond donors (Lipinski definition) is 1. The van der Waals surface area contributed by atoms with Crippen LogP contribution in [0.3, 0.4) is 0 Å². The molecule has 0 saturated heterocycles. The summed E-state index contributed by atoms with van der Waals surface area (Å²) in [6, 6.07) is 0. The zero-order chi connectivity index (χ0) is 6.28. The van der Waals surface area contributed by atoms with Crippen molar-refractivity contribution in [2.24, 2.45) is 0 Å². The van der Waals surface area contributed by atoms with E-state index < -0.39 is 0 Å². The SMILES string of the molecule is CC(C)O.ClOCl. The molecule has 0 rings (SSSR count). The van der Waals surface area contributed by atoms with Gasteiger partial charge in [0.25, 0.3) is 0 Å². The second-order valence-corrected chi connectivity index (χ2v) is 1.62. The fourth-order valence-electron chi connectivity index (χ4n) is 0. The second-order valence-electron chi connectivity index (χ2n) is 1.15. The molecule has 0 spiro atoms. The van der Waals surface area contributed by atoms with E-state index in [1.807, 2.05) is 0 Å². The van der Waals surface area contributed by atoms with Crippen molar-refractivity contribution in [1.82, 2.24) is 0 Å². The van der Waals surface area contributed by atoms with E-state index in [9.17, 15) is 0 Å². The molecule has 0 aliphatic heterocycles. The van der Waals surface area contributed by atoms with Crippen LogP contribution in [0.15, 0.2) is 0 Å². The lowest BCUT2D eigenvalue weighted by Crippen LogP contribution is -1.85. The Labute approximate surface area is 53.3 Å². The zero-order valence-corrected chi connectivity index (χ0v) is 5.70. The lowest BCUT2D eigenvalue weighted by Gasteiger charge is -1.80. The molecule has 0 bridgehead atoms. The maximum absolute atomic E-state index is 8.06. The number of aliphatic hydroxyl groups is 1. The van der Waals surface area contributed by atoms with Crippen molar-refractivity contribution in [3.63, 3.8) is 0 Å². The molecule has 0 aromatic heterocycles. The highest BCUT2D eigenvalue weighted by Crippen LogP contribution is 1.78. The van der Waals surface area contributed by atoms with Gasteiger partial charge in [0.15, 0.2) is 0 Å². The Morgan fingerprint density at radius 1 is 1.43 bits per heavy atom. The van der Waals surface area contributed by atoms with Gasteiger partial charge < -0.3 is 5.11 Å². The van der Waals surface area contributed by atoms with E-state index in [0.29, 0.717) is 0 Å². The van der Waals surface area contributed by atoms with Crippen molar-refractivity contribution in [1.29, 1.82) is 0 Å². The molecule has 0 unspecified atom stereocenters. The van der Waals surface area contributed by atoms with Gasteiger partial charge in [-0.05, 0) is 13.8 Å². The van der Waals surface area contributed by atoms with Crippen LogP contribution >= 0.6 is 23.7 Å². The van der Waals surface area contributed by atoms with E-state index in [4.69, 9.17) is 5.11 Å². The summed E-state index contributed by atoms with van der Waals surface area (Å²) in [5.41, 5.74) is 0. The Bertz CT molecular complexity index is 22.1. The summed E-state index contributed by atoms with van der Waals surface area (Å²) in [7, 11) is 0. The summed E-state index contributed by atoms with van der Waals surface area (Å²) >= 11 is 8.53. The fourth-order valence-corrected chi connectivity index (χ4v) is 0. The second kappa shape index (κ2) is 9.71. The van der Waals surface area contributed by atoms with Crippen LogP contribution in [0, 0.1) is 0 Å². The van der Waals surface area contributed by atoms with Crippen molar-refractivity contribution in [2.75, 3.05) is 0 Å². The van der Waals surface area contributed by atoms with Crippen molar-refractivity contribution < 1.29 is 8.95 Å². The lowest BCUT2D eigenvalue weighted by molar-refractivity contribution is 0.216. The molecular formula is C3H8Cl2O2. The van der Waals surface area contributed by atoms with E-state index in [-0.39, 0.29) is 6.10 Å². The average Bonchev–Trinajstić information content (AvgIpc) is 1.33. The first-order valence-electron chi connectivity index (χ1n) is 1.72. The normalized spacial score (nSPS) is 7.71. The summed E-state index contributed by atoms with van der Waals surface area (Å²) < 4.78 is 3.19. The highest BCUT2D eigenvalue weighted by atomic mass is 35.6. The van der Waals surface area contributed by atoms with E-state index >= 15 is 0 Å². The Morgan fingerprint density at radius 3 is 1.43 bits per heavy atom. The van der Waals surface area contributed by atoms with Crippen molar-refractivity contribution in [2.45, 2.75) is 20.0 Å². The molecule has 46 valence electrons. The third-order valence-electron chi connectivity index (χ3n) is 0. The molecule has 2 nitrogen and oxygen atoms in total. The molecule has 0 radical (unpaired) electrons. The third-order valence-corrected chi connectivity index (χ3v) is 0. The van der Waals surface area contributed by atoms with Gasteiger partial charge in [0.1, 0.15) is 0 Å². The minimum absolute atomic E-state index is 0.167. The molecule has 1 N–H and O–H groups in total. The smallest absolute Gasteiger partial charge is 0.0832 e. The van der Waals surface area contributed by atoms with Gasteiger partial charge >= 0.3 is 0 Å². The summed E-state index contributed by atoms with van der Waals surface area (Å²) in [5, 5.41) is 8.06. The number of halogens is 2. The molecule has 0 heterocycles. The number of aliphatic hydroxyl groups excluding tert-OH is 1. The first-order valence-corrected chi connectivity index (χ1v) is 2.34. The van der Waals surface area contributed by atoms with Crippen LogP contribution in [0.25, 0.3) is 0 Å². The summed E-state index contributed by atoms with van der Waals surface area (Å²) in [6.45, 7) is 3.44. The molecule has 0 aliphatic carbocycles. The predicted octanol–water partition coefficient (Wildman–Crippen LogP) is 1.70. The Hall–Kier alpha value is 0.500. The molecule has 0 atom stereocenters.